The van der Waals surface area contributed by atoms with E-state index >= 15 is 0 Å². The molecule has 2 aliphatic heterocycles. The van der Waals surface area contributed by atoms with Crippen LogP contribution in [0.3, 0.4) is 0 Å². The van der Waals surface area contributed by atoms with Crippen LogP contribution in [-0.2, 0) is 0 Å². The number of ether oxygens (including phenoxy) is 1. The lowest BCUT2D eigenvalue weighted by Gasteiger charge is -2.40. The van der Waals surface area contributed by atoms with Crippen LogP contribution < -0.4 is 14.5 Å². The molecule has 0 unspecified atom stereocenters. The van der Waals surface area contributed by atoms with Crippen LogP contribution in [0.1, 0.15) is 24.1 Å². The van der Waals surface area contributed by atoms with Gasteiger partial charge in [0.1, 0.15) is 11.9 Å². The number of hydrogen-bond donors (Lipinski definition) is 1. The minimum absolute atomic E-state index is 0.0391. The van der Waals surface area contributed by atoms with Crippen molar-refractivity contribution in [2.45, 2.75) is 18.9 Å². The molecule has 2 saturated heterocycles. The van der Waals surface area contributed by atoms with Gasteiger partial charge >= 0.3 is 0 Å². The number of rotatable bonds is 7. The largest absolute Gasteiger partial charge is 0.470 e. The van der Waals surface area contributed by atoms with E-state index in [4.69, 9.17) is 4.74 Å². The van der Waals surface area contributed by atoms with Crippen molar-refractivity contribution >= 4 is 39.8 Å². The van der Waals surface area contributed by atoms with Gasteiger partial charge in [-0.05, 0) is 58.5 Å². The summed E-state index contributed by atoms with van der Waals surface area (Å²) in [7, 11) is 0. The van der Waals surface area contributed by atoms with Gasteiger partial charge in [-0.25, -0.2) is 9.97 Å². The van der Waals surface area contributed by atoms with Crippen molar-refractivity contribution in [3.8, 4) is 5.88 Å². The average Bonchev–Trinajstić information content (AvgIpc) is 2.76. The maximum Gasteiger partial charge on any atom is 0.233 e. The van der Waals surface area contributed by atoms with E-state index in [1.165, 1.54) is 0 Å². The predicted octanol–water partition coefficient (Wildman–Crippen LogP) is 3.40. The Labute approximate surface area is 185 Å². The van der Waals surface area contributed by atoms with Crippen LogP contribution in [-0.4, -0.2) is 58.9 Å². The molecule has 0 atom stereocenters. The summed E-state index contributed by atoms with van der Waals surface area (Å²) in [4.78, 5) is 18.1. The Morgan fingerprint density at radius 2 is 1.90 bits per heavy atom. The molecule has 2 aromatic heterocycles. The second kappa shape index (κ2) is 9.14. The third-order valence-electron chi connectivity index (χ3n) is 5.66. The number of halogens is 1. The van der Waals surface area contributed by atoms with Gasteiger partial charge < -0.3 is 19.6 Å². The van der Waals surface area contributed by atoms with Gasteiger partial charge in [0.25, 0.3) is 0 Å². The van der Waals surface area contributed by atoms with Gasteiger partial charge in [-0.3, -0.25) is 0 Å². The van der Waals surface area contributed by atoms with E-state index < -0.39 is 0 Å². The lowest BCUT2D eigenvalue weighted by molar-refractivity contribution is 0.158. The van der Waals surface area contributed by atoms with E-state index in [1.807, 2.05) is 12.1 Å². The molecule has 30 heavy (non-hydrogen) atoms. The molecule has 0 radical (unpaired) electrons. The summed E-state index contributed by atoms with van der Waals surface area (Å²) in [5, 5.41) is 9.33. The fourth-order valence-corrected chi connectivity index (χ4v) is 4.02. The Kier molecular flexibility index (Phi) is 6.34. The third kappa shape index (κ3) is 4.34. The third-order valence-corrected chi connectivity index (χ3v) is 6.21. The first-order valence-corrected chi connectivity index (χ1v) is 11.0. The molecule has 0 spiro atoms. The van der Waals surface area contributed by atoms with Crippen LogP contribution in [0.2, 0.25) is 0 Å². The van der Waals surface area contributed by atoms with Crippen LogP contribution in [0.25, 0.3) is 12.2 Å². The van der Waals surface area contributed by atoms with Crippen molar-refractivity contribution in [2.24, 2.45) is 5.92 Å². The first kappa shape index (κ1) is 20.8. The monoisotopic (exact) mass is 471 g/mol. The van der Waals surface area contributed by atoms with Crippen LogP contribution in [0.15, 0.2) is 36.0 Å². The fraction of sp³-hybridized carbons (Fsp3) is 0.409. The molecule has 4 heterocycles. The highest BCUT2D eigenvalue weighted by Gasteiger charge is 2.31. The van der Waals surface area contributed by atoms with Gasteiger partial charge in [-0.2, -0.15) is 4.98 Å². The van der Waals surface area contributed by atoms with E-state index in [9.17, 15) is 5.11 Å². The Bertz CT molecular complexity index is 924. The first-order valence-electron chi connectivity index (χ1n) is 10.2. The maximum atomic E-state index is 9.33. The normalized spacial score (nSPS) is 17.5. The Morgan fingerprint density at radius 3 is 2.57 bits per heavy atom. The number of piperidine rings is 1. The Hall–Kier alpha value is -2.45. The van der Waals surface area contributed by atoms with E-state index in [2.05, 4.69) is 53.8 Å². The molecule has 2 fully saturated rings. The van der Waals surface area contributed by atoms with Crippen molar-refractivity contribution in [1.29, 1.82) is 0 Å². The van der Waals surface area contributed by atoms with Gasteiger partial charge in [0.2, 0.25) is 11.8 Å². The number of pyridine rings is 1. The van der Waals surface area contributed by atoms with Crippen LogP contribution >= 0.6 is 15.9 Å². The zero-order chi connectivity index (χ0) is 21.1. The fourth-order valence-electron chi connectivity index (χ4n) is 3.74. The maximum absolute atomic E-state index is 9.33. The second-order valence-electron chi connectivity index (χ2n) is 7.63. The summed E-state index contributed by atoms with van der Waals surface area (Å²) in [6.07, 6.45) is 7.22. The standard InChI is InChI=1S/C22H26BrN5O2/c1-3-16-5-6-20(25-19(16)4-2)28-12-17(13-28)30-21-18(23)11-24-22(26-21)27-9-7-15(14-29)8-10-27/h3-6,11,15,17,29H,1-2,7-10,12-14H2. The molecule has 0 aromatic carbocycles. The Morgan fingerprint density at radius 1 is 1.13 bits per heavy atom. The lowest BCUT2D eigenvalue weighted by atomic mass is 9.98. The average molecular weight is 472 g/mol. The number of aromatic nitrogens is 3. The summed E-state index contributed by atoms with van der Waals surface area (Å²) < 4.78 is 6.89. The van der Waals surface area contributed by atoms with Gasteiger partial charge in [-0.1, -0.05) is 19.2 Å². The summed E-state index contributed by atoms with van der Waals surface area (Å²) in [5.41, 5.74) is 1.81. The molecule has 4 rings (SSSR count). The van der Waals surface area contributed by atoms with Crippen molar-refractivity contribution in [1.82, 2.24) is 15.0 Å². The summed E-state index contributed by atoms with van der Waals surface area (Å²) >= 11 is 3.50. The van der Waals surface area contributed by atoms with Gasteiger partial charge in [-0.15, -0.1) is 0 Å². The highest BCUT2D eigenvalue weighted by Crippen LogP contribution is 2.30. The number of aliphatic hydroxyl groups is 1. The van der Waals surface area contributed by atoms with Crippen LogP contribution in [0.4, 0.5) is 11.8 Å². The summed E-state index contributed by atoms with van der Waals surface area (Å²) in [5.74, 6) is 2.53. The molecule has 7 nitrogen and oxygen atoms in total. The molecule has 0 amide bonds. The number of nitrogens with zero attached hydrogens (tertiary/aromatic N) is 5. The molecule has 2 aromatic rings. The van der Waals surface area contributed by atoms with Crippen molar-refractivity contribution < 1.29 is 9.84 Å². The minimum Gasteiger partial charge on any atom is -0.470 e. The smallest absolute Gasteiger partial charge is 0.233 e. The molecule has 0 aliphatic carbocycles. The molecule has 2 aliphatic rings. The van der Waals surface area contributed by atoms with Crippen LogP contribution in [0, 0.1) is 5.92 Å². The highest BCUT2D eigenvalue weighted by atomic mass is 79.9. The van der Waals surface area contributed by atoms with Crippen molar-refractivity contribution in [2.75, 3.05) is 42.6 Å². The first-order chi connectivity index (χ1) is 14.6. The second-order valence-corrected chi connectivity index (χ2v) is 8.49. The van der Waals surface area contributed by atoms with E-state index in [1.54, 1.807) is 18.3 Å². The van der Waals surface area contributed by atoms with E-state index in [0.29, 0.717) is 17.7 Å². The number of aliphatic hydroxyl groups excluding tert-OH is 1. The molecule has 1 N–H and O–H groups in total. The van der Waals surface area contributed by atoms with Gasteiger partial charge in [0.05, 0.1) is 29.5 Å². The SMILES string of the molecule is C=Cc1ccc(N2CC(Oc3nc(N4CCC(CO)CC4)ncc3Br)C2)nc1C=C. The van der Waals surface area contributed by atoms with Gasteiger partial charge in [0.15, 0.2) is 0 Å². The molecule has 158 valence electrons. The Balaban J connectivity index is 1.38. The molecule has 0 saturated carbocycles. The van der Waals surface area contributed by atoms with Crippen LogP contribution in [0.5, 0.6) is 5.88 Å². The molecular weight excluding hydrogens is 446 g/mol. The van der Waals surface area contributed by atoms with Crippen molar-refractivity contribution in [3.63, 3.8) is 0 Å². The zero-order valence-electron chi connectivity index (χ0n) is 16.9. The molecule has 8 heteroatoms. The topological polar surface area (TPSA) is 74.6 Å². The lowest BCUT2D eigenvalue weighted by Crippen LogP contribution is -2.54. The van der Waals surface area contributed by atoms with E-state index in [0.717, 1.165) is 60.6 Å². The quantitative estimate of drug-likeness (QED) is 0.662. The zero-order valence-corrected chi connectivity index (χ0v) is 18.5. The number of anilines is 2. The number of hydrogen-bond acceptors (Lipinski definition) is 7. The summed E-state index contributed by atoms with van der Waals surface area (Å²) in [6.45, 7) is 11.1. The minimum atomic E-state index is 0.0391. The highest BCUT2D eigenvalue weighted by molar-refractivity contribution is 9.10. The predicted molar refractivity (Wildman–Crippen MR) is 123 cm³/mol. The molecule has 0 bridgehead atoms. The van der Waals surface area contributed by atoms with Crippen molar-refractivity contribution in [3.05, 3.63) is 47.2 Å². The van der Waals surface area contributed by atoms with Gasteiger partial charge in [0, 0.05) is 19.7 Å². The molecular formula is C22H26BrN5O2. The summed E-state index contributed by atoms with van der Waals surface area (Å²) in [6, 6.07) is 4.00. The van der Waals surface area contributed by atoms with E-state index in [-0.39, 0.29) is 12.7 Å².